The molecular formula is C12H9N3O4S. The maximum atomic E-state index is 11.1. The van der Waals surface area contributed by atoms with Crippen LogP contribution in [0.25, 0.3) is 0 Å². The molecular weight excluding hydrogens is 282 g/mol. The van der Waals surface area contributed by atoms with Gasteiger partial charge in [-0.1, -0.05) is 11.3 Å². The van der Waals surface area contributed by atoms with Gasteiger partial charge in [0, 0.05) is 18.2 Å². The Kier molecular flexibility index (Phi) is 2.79. The van der Waals surface area contributed by atoms with Gasteiger partial charge in [-0.2, -0.15) is 4.74 Å². The summed E-state index contributed by atoms with van der Waals surface area (Å²) in [4.78, 5) is 11.1. The predicted octanol–water partition coefficient (Wildman–Crippen LogP) is 3.00. The highest BCUT2D eigenvalue weighted by atomic mass is 32.1. The first-order valence-corrected chi connectivity index (χ1v) is 6.45. The summed E-state index contributed by atoms with van der Waals surface area (Å²) in [6.07, 6.45) is -0.453. The van der Waals surface area contributed by atoms with Crippen molar-refractivity contribution in [1.29, 1.82) is 0 Å². The van der Waals surface area contributed by atoms with Gasteiger partial charge < -0.3 is 15.3 Å². The molecule has 0 amide bonds. The van der Waals surface area contributed by atoms with Crippen LogP contribution in [0.2, 0.25) is 0 Å². The Bertz CT molecular complexity index is 712. The third-order valence-electron chi connectivity index (χ3n) is 2.82. The zero-order valence-corrected chi connectivity index (χ0v) is 10.9. The van der Waals surface area contributed by atoms with E-state index in [4.69, 9.17) is 4.74 Å². The minimum absolute atomic E-state index is 0.00383. The van der Waals surface area contributed by atoms with Crippen molar-refractivity contribution in [3.05, 3.63) is 50.5 Å². The maximum absolute atomic E-state index is 11.1. The number of rotatable bonds is 3. The van der Waals surface area contributed by atoms with E-state index in [2.05, 4.69) is 12.0 Å². The van der Waals surface area contributed by atoms with E-state index in [1.54, 1.807) is 18.2 Å². The summed E-state index contributed by atoms with van der Waals surface area (Å²) >= 11 is 1.25. The molecule has 0 saturated carbocycles. The molecule has 0 bridgehead atoms. The Morgan fingerprint density at radius 2 is 2.10 bits per heavy atom. The molecule has 0 fully saturated rings. The van der Waals surface area contributed by atoms with Crippen LogP contribution in [0.4, 0.5) is 16.4 Å². The number of benzene rings is 1. The molecule has 8 heteroatoms. The lowest BCUT2D eigenvalue weighted by molar-refractivity contribution is -0.384. The number of nitro benzene ring substituents is 1. The van der Waals surface area contributed by atoms with Crippen LogP contribution in [-0.4, -0.2) is 16.4 Å². The molecule has 0 spiro atoms. The van der Waals surface area contributed by atoms with Gasteiger partial charge in [0.15, 0.2) is 0 Å². The molecule has 0 aliphatic carbocycles. The van der Waals surface area contributed by atoms with Crippen LogP contribution in [-0.2, 0) is 0 Å². The number of nitrogens with zero attached hydrogens (tertiary/aromatic N) is 2. The summed E-state index contributed by atoms with van der Waals surface area (Å²) in [5, 5.41) is 25.3. The number of fused-ring (bicyclic) bond motifs is 1. The fourth-order valence-corrected chi connectivity index (χ4v) is 2.72. The summed E-state index contributed by atoms with van der Waals surface area (Å²) in [5.41, 5.74) is 0.559. The SMILES string of the molecule is C=[N+]([O-])c1ccc(C2Nc3cc([N+](=O)[O-])ccc3O2)s1. The van der Waals surface area contributed by atoms with Crippen LogP contribution >= 0.6 is 11.3 Å². The van der Waals surface area contributed by atoms with Crippen LogP contribution in [0.3, 0.4) is 0 Å². The molecule has 102 valence electrons. The van der Waals surface area contributed by atoms with Gasteiger partial charge >= 0.3 is 0 Å². The predicted molar refractivity (Wildman–Crippen MR) is 74.8 cm³/mol. The second-order valence-electron chi connectivity index (χ2n) is 4.13. The van der Waals surface area contributed by atoms with E-state index in [9.17, 15) is 15.3 Å². The van der Waals surface area contributed by atoms with Crippen molar-refractivity contribution in [2.24, 2.45) is 0 Å². The van der Waals surface area contributed by atoms with Crippen molar-refractivity contribution in [3.8, 4) is 5.75 Å². The maximum Gasteiger partial charge on any atom is 0.272 e. The zero-order valence-electron chi connectivity index (χ0n) is 10.1. The highest BCUT2D eigenvalue weighted by Crippen LogP contribution is 2.42. The first-order valence-electron chi connectivity index (χ1n) is 5.64. The first kappa shape index (κ1) is 12.4. The molecule has 1 atom stereocenters. The molecule has 1 aromatic heterocycles. The Labute approximate surface area is 117 Å². The number of hydrogen-bond acceptors (Lipinski definition) is 6. The summed E-state index contributed by atoms with van der Waals surface area (Å²) in [7, 11) is 0. The van der Waals surface area contributed by atoms with Crippen molar-refractivity contribution >= 4 is 34.4 Å². The van der Waals surface area contributed by atoms with Gasteiger partial charge in [-0.15, -0.1) is 0 Å². The van der Waals surface area contributed by atoms with Crippen LogP contribution in [0.1, 0.15) is 11.1 Å². The highest BCUT2D eigenvalue weighted by Gasteiger charge is 2.27. The van der Waals surface area contributed by atoms with E-state index in [0.29, 0.717) is 21.2 Å². The third kappa shape index (κ3) is 2.05. The number of thiophene rings is 1. The molecule has 2 aromatic rings. The number of nitrogens with one attached hydrogen (secondary N) is 1. The summed E-state index contributed by atoms with van der Waals surface area (Å²) < 4.78 is 6.19. The number of ether oxygens (including phenoxy) is 1. The van der Waals surface area contributed by atoms with Gasteiger partial charge in [0.05, 0.1) is 15.5 Å². The molecule has 0 radical (unpaired) electrons. The second-order valence-corrected chi connectivity index (χ2v) is 5.23. The number of non-ortho nitro benzene ring substituents is 1. The van der Waals surface area contributed by atoms with Crippen molar-refractivity contribution < 1.29 is 14.4 Å². The van der Waals surface area contributed by atoms with E-state index in [1.807, 2.05) is 0 Å². The second kappa shape index (κ2) is 4.49. The van der Waals surface area contributed by atoms with Gasteiger partial charge in [0.2, 0.25) is 6.23 Å². The minimum Gasteiger partial charge on any atom is -0.618 e. The molecule has 0 saturated heterocycles. The Morgan fingerprint density at radius 3 is 2.75 bits per heavy atom. The van der Waals surface area contributed by atoms with E-state index < -0.39 is 11.2 Å². The Hall–Kier alpha value is -2.61. The highest BCUT2D eigenvalue weighted by molar-refractivity contribution is 7.15. The zero-order chi connectivity index (χ0) is 14.3. The smallest absolute Gasteiger partial charge is 0.272 e. The van der Waals surface area contributed by atoms with Gasteiger partial charge in [0.25, 0.3) is 10.7 Å². The normalized spacial score (nSPS) is 16.1. The molecule has 1 aliphatic heterocycles. The molecule has 7 nitrogen and oxygen atoms in total. The topological polar surface area (TPSA) is 90.5 Å². The van der Waals surface area contributed by atoms with Crippen LogP contribution in [0.15, 0.2) is 30.3 Å². The third-order valence-corrected chi connectivity index (χ3v) is 3.96. The first-order chi connectivity index (χ1) is 9.54. The minimum atomic E-state index is -0.462. The van der Waals surface area contributed by atoms with Gasteiger partial charge in [-0.25, -0.2) is 0 Å². The molecule has 2 heterocycles. The van der Waals surface area contributed by atoms with Gasteiger partial charge in [-0.3, -0.25) is 10.1 Å². The van der Waals surface area contributed by atoms with Crippen molar-refractivity contribution in [3.63, 3.8) is 0 Å². The molecule has 1 aliphatic rings. The van der Waals surface area contributed by atoms with Crippen molar-refractivity contribution in [2.75, 3.05) is 5.32 Å². The largest absolute Gasteiger partial charge is 0.618 e. The van der Waals surface area contributed by atoms with Crippen LogP contribution in [0, 0.1) is 15.3 Å². The van der Waals surface area contributed by atoms with E-state index in [1.165, 1.54) is 23.5 Å². The lowest BCUT2D eigenvalue weighted by Gasteiger charge is -2.07. The Morgan fingerprint density at radius 1 is 1.30 bits per heavy atom. The summed E-state index contributed by atoms with van der Waals surface area (Å²) in [6.45, 7) is 3.27. The lowest BCUT2D eigenvalue weighted by Crippen LogP contribution is -2.07. The molecule has 1 N–H and O–H groups in total. The molecule has 1 aromatic carbocycles. The monoisotopic (exact) mass is 291 g/mol. The van der Waals surface area contributed by atoms with Gasteiger partial charge in [-0.05, 0) is 12.1 Å². The van der Waals surface area contributed by atoms with Crippen molar-refractivity contribution in [1.82, 2.24) is 0 Å². The molecule has 1 unspecified atom stereocenters. The van der Waals surface area contributed by atoms with Crippen LogP contribution in [0.5, 0.6) is 5.75 Å². The van der Waals surface area contributed by atoms with E-state index >= 15 is 0 Å². The molecule has 20 heavy (non-hydrogen) atoms. The van der Waals surface area contributed by atoms with Gasteiger partial charge in [0.1, 0.15) is 12.5 Å². The Balaban J connectivity index is 1.85. The fourth-order valence-electron chi connectivity index (χ4n) is 1.89. The van der Waals surface area contributed by atoms with Crippen molar-refractivity contribution in [2.45, 2.75) is 6.23 Å². The fraction of sp³-hybridized carbons (Fsp3) is 0.0833. The quantitative estimate of drug-likeness (QED) is 0.308. The number of hydrogen-bond donors (Lipinski definition) is 1. The summed E-state index contributed by atoms with van der Waals surface area (Å²) in [5.74, 6) is 0.546. The molecule has 3 rings (SSSR count). The lowest BCUT2D eigenvalue weighted by atomic mass is 10.2. The summed E-state index contributed by atoms with van der Waals surface area (Å²) in [6, 6.07) is 7.77. The average molecular weight is 291 g/mol. The van der Waals surface area contributed by atoms with E-state index in [-0.39, 0.29) is 5.69 Å². The van der Waals surface area contributed by atoms with Crippen LogP contribution < -0.4 is 10.1 Å². The number of anilines is 1. The number of nitro groups is 1. The standard InChI is InChI=1S/C12H9N3O4S/c1-14(16)11-5-4-10(20-11)12-13-8-6-7(15(17)18)2-3-9(8)19-12/h2-6,12-13H,1H2. The average Bonchev–Trinajstić information content (AvgIpc) is 3.04. The van der Waals surface area contributed by atoms with E-state index in [0.717, 1.165) is 4.88 Å².